The van der Waals surface area contributed by atoms with E-state index >= 15 is 0 Å². The van der Waals surface area contributed by atoms with E-state index in [0.29, 0.717) is 16.6 Å². The number of amidine groups is 1. The Morgan fingerprint density at radius 3 is 2.92 bits per heavy atom. The Balaban J connectivity index is 1.82. The molecule has 0 saturated carbocycles. The van der Waals surface area contributed by atoms with Crippen LogP contribution in [0.3, 0.4) is 0 Å². The molecular formula is C16H16N5OS3+. The van der Waals surface area contributed by atoms with Gasteiger partial charge in [-0.2, -0.15) is 0 Å². The topological polar surface area (TPSA) is 52.7 Å². The van der Waals surface area contributed by atoms with Crippen LogP contribution < -0.4 is 18.7 Å². The number of fused-ring (bicyclic) bond motifs is 1. The van der Waals surface area contributed by atoms with E-state index in [2.05, 4.69) is 9.98 Å². The highest BCUT2D eigenvalue weighted by Crippen LogP contribution is 2.33. The van der Waals surface area contributed by atoms with Crippen molar-refractivity contribution in [1.82, 2.24) is 9.88 Å². The Bertz CT molecular complexity index is 1030. The van der Waals surface area contributed by atoms with Gasteiger partial charge in [0.2, 0.25) is 0 Å². The minimum atomic E-state index is -0.0211. The van der Waals surface area contributed by atoms with Crippen molar-refractivity contribution in [2.75, 3.05) is 18.5 Å². The third kappa shape index (κ3) is 2.82. The number of hydrogen-bond donors (Lipinski definition) is 0. The molecule has 9 heteroatoms. The summed E-state index contributed by atoms with van der Waals surface area (Å²) in [5.74, 6) is 0.869. The third-order valence-electron chi connectivity index (χ3n) is 3.85. The molecule has 0 aliphatic carbocycles. The van der Waals surface area contributed by atoms with Crippen LogP contribution >= 0.6 is 34.4 Å². The standard InChI is InChI=1S/C16H16N5OS3/c1-4-21-14(22)11(25-16(21)18-15-20(3)8-9-23-15)13-17-12-10(24-13)6-5-7-19(12)2/h5-9H,4H2,1-3H3/q+1. The molecule has 1 amide bonds. The molecule has 0 atom stereocenters. The van der Waals surface area contributed by atoms with Crippen LogP contribution in [-0.2, 0) is 11.8 Å². The van der Waals surface area contributed by atoms with Gasteiger partial charge in [0.25, 0.3) is 11.1 Å². The summed E-state index contributed by atoms with van der Waals surface area (Å²) < 4.78 is 3.77. The van der Waals surface area contributed by atoms with Gasteiger partial charge in [-0.05, 0) is 35.8 Å². The first-order chi connectivity index (χ1) is 12.1. The lowest BCUT2D eigenvalue weighted by molar-refractivity contribution is -0.653. The number of aryl methyl sites for hydroxylation is 1. The van der Waals surface area contributed by atoms with Crippen molar-refractivity contribution >= 4 is 67.4 Å². The van der Waals surface area contributed by atoms with Crippen molar-refractivity contribution in [2.24, 2.45) is 12.0 Å². The Hall–Kier alpha value is -1.97. The SMILES string of the molecule is CCN1C(=O)C(=c2nc3c(s2)=CC=CN3C)SC1=Nc1scc[n+]1C. The molecule has 0 spiro atoms. The summed E-state index contributed by atoms with van der Waals surface area (Å²) in [7, 11) is 3.91. The van der Waals surface area contributed by atoms with E-state index in [4.69, 9.17) is 0 Å². The normalized spacial score (nSPS) is 20.4. The number of amides is 1. The summed E-state index contributed by atoms with van der Waals surface area (Å²) in [6, 6.07) is 0. The molecule has 2 aliphatic heterocycles. The number of nitrogens with zero attached hydrogens (tertiary/aromatic N) is 5. The summed E-state index contributed by atoms with van der Waals surface area (Å²) >= 11 is 4.50. The van der Waals surface area contributed by atoms with Crippen molar-refractivity contribution < 1.29 is 9.36 Å². The van der Waals surface area contributed by atoms with Gasteiger partial charge in [0, 0.05) is 25.2 Å². The second kappa shape index (κ2) is 6.40. The van der Waals surface area contributed by atoms with E-state index in [-0.39, 0.29) is 5.91 Å². The lowest BCUT2D eigenvalue weighted by Gasteiger charge is -2.11. The summed E-state index contributed by atoms with van der Waals surface area (Å²) in [5.41, 5.74) is 0. The number of thioether (sulfide) groups is 1. The number of allylic oxidation sites excluding steroid dienone is 1. The van der Waals surface area contributed by atoms with E-state index in [1.807, 2.05) is 60.4 Å². The fourth-order valence-corrected chi connectivity index (χ4v) is 5.48. The zero-order valence-electron chi connectivity index (χ0n) is 14.0. The highest BCUT2D eigenvalue weighted by Gasteiger charge is 2.38. The van der Waals surface area contributed by atoms with Gasteiger partial charge in [-0.25, -0.2) is 9.55 Å². The Morgan fingerprint density at radius 2 is 2.24 bits per heavy atom. The average Bonchev–Trinajstić information content (AvgIpc) is 3.27. The van der Waals surface area contributed by atoms with Gasteiger partial charge in [-0.15, -0.1) is 11.3 Å². The summed E-state index contributed by atoms with van der Waals surface area (Å²) in [6.45, 7) is 2.55. The molecule has 1 fully saturated rings. The van der Waals surface area contributed by atoms with Crippen molar-refractivity contribution in [3.05, 3.63) is 33.0 Å². The fourth-order valence-electron chi connectivity index (χ4n) is 2.53. The smallest absolute Gasteiger partial charge is 0.335 e. The highest BCUT2D eigenvalue weighted by molar-refractivity contribution is 8.23. The van der Waals surface area contributed by atoms with Crippen molar-refractivity contribution in [3.8, 4) is 0 Å². The van der Waals surface area contributed by atoms with Crippen LogP contribution in [0, 0.1) is 0 Å². The predicted octanol–water partition coefficient (Wildman–Crippen LogP) is 1.16. The van der Waals surface area contributed by atoms with Crippen molar-refractivity contribution in [1.29, 1.82) is 0 Å². The first-order valence-corrected chi connectivity index (χ1v) is 10.2. The Labute approximate surface area is 157 Å². The maximum Gasteiger partial charge on any atom is 0.384 e. The van der Waals surface area contributed by atoms with Gasteiger partial charge in [0.05, 0.1) is 11.6 Å². The zero-order chi connectivity index (χ0) is 17.6. The quantitative estimate of drug-likeness (QED) is 0.723. The summed E-state index contributed by atoms with van der Waals surface area (Å²) in [6.07, 6.45) is 7.93. The van der Waals surface area contributed by atoms with Crippen LogP contribution in [0.2, 0.25) is 0 Å². The monoisotopic (exact) mass is 390 g/mol. The number of anilines is 1. The number of carbonyl (C=O) groups excluding carboxylic acids is 1. The molecule has 1 saturated heterocycles. The van der Waals surface area contributed by atoms with Gasteiger partial charge in [-0.3, -0.25) is 9.69 Å². The van der Waals surface area contributed by atoms with Crippen LogP contribution in [0.25, 0.3) is 11.0 Å². The molecule has 2 aromatic rings. The lowest BCUT2D eigenvalue weighted by atomic mass is 10.4. The van der Waals surface area contributed by atoms with Gasteiger partial charge in [-0.1, -0.05) is 11.3 Å². The van der Waals surface area contributed by atoms with Crippen LogP contribution in [0.4, 0.5) is 10.9 Å². The maximum absolute atomic E-state index is 12.9. The number of carbonyl (C=O) groups is 1. The molecule has 4 heterocycles. The van der Waals surface area contributed by atoms with Gasteiger partial charge in [0.1, 0.15) is 15.8 Å². The Morgan fingerprint density at radius 1 is 1.40 bits per heavy atom. The van der Waals surface area contributed by atoms with E-state index < -0.39 is 0 Å². The van der Waals surface area contributed by atoms with Crippen LogP contribution in [0.5, 0.6) is 0 Å². The Kier molecular flexibility index (Phi) is 4.22. The number of aliphatic imine (C=N–C) groups is 1. The van der Waals surface area contributed by atoms with E-state index in [1.54, 1.807) is 27.6 Å². The van der Waals surface area contributed by atoms with Crippen LogP contribution in [-0.4, -0.2) is 34.6 Å². The molecule has 25 heavy (non-hydrogen) atoms. The summed E-state index contributed by atoms with van der Waals surface area (Å²) in [5, 5.41) is 3.56. The lowest BCUT2D eigenvalue weighted by Crippen LogP contribution is -2.30. The molecule has 2 aliphatic rings. The second-order valence-electron chi connectivity index (χ2n) is 5.50. The summed E-state index contributed by atoms with van der Waals surface area (Å²) in [4.78, 5) is 26.6. The minimum Gasteiger partial charge on any atom is -0.335 e. The average molecular weight is 391 g/mol. The van der Waals surface area contributed by atoms with E-state index in [0.717, 1.165) is 20.1 Å². The first kappa shape index (κ1) is 16.5. The van der Waals surface area contributed by atoms with Crippen molar-refractivity contribution in [3.63, 3.8) is 0 Å². The van der Waals surface area contributed by atoms with E-state index in [1.165, 1.54) is 11.8 Å². The third-order valence-corrected chi connectivity index (χ3v) is 6.92. The van der Waals surface area contributed by atoms with Gasteiger partial charge in [0.15, 0.2) is 5.82 Å². The van der Waals surface area contributed by atoms with E-state index in [9.17, 15) is 4.79 Å². The van der Waals surface area contributed by atoms with Gasteiger partial charge >= 0.3 is 5.13 Å². The molecule has 0 aromatic carbocycles. The number of rotatable bonds is 2. The first-order valence-electron chi connectivity index (χ1n) is 7.72. The molecule has 0 bridgehead atoms. The second-order valence-corrected chi connectivity index (χ2v) is 8.38. The molecule has 6 nitrogen and oxygen atoms in total. The molecular weight excluding hydrogens is 374 g/mol. The molecule has 0 radical (unpaired) electrons. The molecule has 2 aromatic heterocycles. The zero-order valence-corrected chi connectivity index (χ0v) is 16.4. The molecule has 128 valence electrons. The minimum absolute atomic E-state index is 0.0211. The molecule has 0 N–H and O–H groups in total. The van der Waals surface area contributed by atoms with Crippen molar-refractivity contribution in [2.45, 2.75) is 6.92 Å². The molecule has 4 rings (SSSR count). The predicted molar refractivity (Wildman–Crippen MR) is 104 cm³/mol. The highest BCUT2D eigenvalue weighted by atomic mass is 32.2. The maximum atomic E-state index is 12.9. The van der Waals surface area contributed by atoms with Gasteiger partial charge < -0.3 is 4.90 Å². The fraction of sp³-hybridized carbons (Fsp3) is 0.250. The van der Waals surface area contributed by atoms with Crippen LogP contribution in [0.15, 0.2) is 28.8 Å². The van der Waals surface area contributed by atoms with Crippen LogP contribution in [0.1, 0.15) is 6.92 Å². The largest absolute Gasteiger partial charge is 0.384 e. The molecule has 0 unspecified atom stereocenters. The number of aromatic nitrogens is 2. The number of hydrogen-bond acceptors (Lipinski definition) is 7. The number of thiazole rings is 2.